The highest BCUT2D eigenvalue weighted by molar-refractivity contribution is 7.99. The van der Waals surface area contributed by atoms with Crippen molar-refractivity contribution in [2.45, 2.75) is 12.5 Å². The Morgan fingerprint density at radius 2 is 1.88 bits per heavy atom. The van der Waals surface area contributed by atoms with Gasteiger partial charge in [0, 0.05) is 41.1 Å². The maximum absolute atomic E-state index is 13.0. The minimum Gasteiger partial charge on any atom is -0.481 e. The molecule has 1 unspecified atom stereocenters. The van der Waals surface area contributed by atoms with Gasteiger partial charge >= 0.3 is 18.0 Å². The molecule has 11 heteroatoms. The van der Waals surface area contributed by atoms with E-state index < -0.39 is 35.7 Å². The zero-order valence-electron chi connectivity index (χ0n) is 17.1. The molecule has 2 atom stereocenters. The molecule has 170 valence electrons. The predicted octanol–water partition coefficient (Wildman–Crippen LogP) is 2.59. The molecule has 3 N–H and O–H groups in total. The fourth-order valence-electron chi connectivity index (χ4n) is 2.68. The van der Waals surface area contributed by atoms with Gasteiger partial charge in [-0.3, -0.25) is 14.6 Å². The van der Waals surface area contributed by atoms with E-state index in [1.807, 2.05) is 0 Å². The molecule has 32 heavy (non-hydrogen) atoms. The Balaban J connectivity index is 1.97. The number of ketones is 1. The lowest BCUT2D eigenvalue weighted by Crippen LogP contribution is -2.45. The zero-order chi connectivity index (χ0) is 23.5. The lowest BCUT2D eigenvalue weighted by atomic mass is 9.97. The number of aliphatic carboxylic acids is 1. The summed E-state index contributed by atoms with van der Waals surface area (Å²) in [5.41, 5.74) is 0.615. The van der Waals surface area contributed by atoms with Crippen LogP contribution in [0.1, 0.15) is 16.8 Å². The van der Waals surface area contributed by atoms with Crippen LogP contribution in [0.4, 0.5) is 14.9 Å². The highest BCUT2D eigenvalue weighted by Crippen LogP contribution is 2.19. The topological polar surface area (TPSA) is 135 Å². The Morgan fingerprint density at radius 1 is 1.16 bits per heavy atom. The van der Waals surface area contributed by atoms with Crippen molar-refractivity contribution in [2.24, 2.45) is 5.92 Å². The smallest absolute Gasteiger partial charge is 0.329 e. The first-order valence-corrected chi connectivity index (χ1v) is 10.6. The molecule has 0 radical (unpaired) electrons. The number of hydrogen-bond donors (Lipinski definition) is 3. The summed E-state index contributed by atoms with van der Waals surface area (Å²) in [7, 11) is 1.17. The lowest BCUT2D eigenvalue weighted by Gasteiger charge is -2.18. The highest BCUT2D eigenvalue weighted by Gasteiger charge is 2.26. The number of carbonyl (C=O) groups is 4. The van der Waals surface area contributed by atoms with Crippen LogP contribution in [0, 0.1) is 11.7 Å². The Bertz CT molecular complexity index is 942. The molecule has 0 fully saturated rings. The Kier molecular flexibility index (Phi) is 9.61. The molecular formula is C21H22FN3O6S. The number of amides is 2. The third kappa shape index (κ3) is 7.99. The van der Waals surface area contributed by atoms with Crippen LogP contribution in [0.5, 0.6) is 0 Å². The highest BCUT2D eigenvalue weighted by atomic mass is 32.2. The van der Waals surface area contributed by atoms with Crippen LogP contribution in [-0.4, -0.2) is 58.5 Å². The minimum atomic E-state index is -1.13. The zero-order valence-corrected chi connectivity index (χ0v) is 17.9. The number of benzene rings is 1. The summed E-state index contributed by atoms with van der Waals surface area (Å²) in [5.74, 6) is -3.36. The minimum absolute atomic E-state index is 0.0416. The molecule has 2 rings (SSSR count). The molecule has 2 amide bonds. The van der Waals surface area contributed by atoms with Gasteiger partial charge in [0.15, 0.2) is 5.78 Å². The van der Waals surface area contributed by atoms with Crippen molar-refractivity contribution in [1.82, 2.24) is 10.3 Å². The van der Waals surface area contributed by atoms with Gasteiger partial charge in [0.05, 0.1) is 13.5 Å². The number of methoxy groups -OCH3 is 1. The fraction of sp³-hybridized carbons (Fsp3) is 0.286. The van der Waals surface area contributed by atoms with E-state index in [1.165, 1.54) is 43.8 Å². The van der Waals surface area contributed by atoms with Gasteiger partial charge in [-0.25, -0.2) is 14.0 Å². The number of nitrogens with zero attached hydrogens (tertiary/aromatic N) is 1. The number of halogens is 1. The van der Waals surface area contributed by atoms with E-state index in [1.54, 1.807) is 12.1 Å². The van der Waals surface area contributed by atoms with E-state index in [-0.39, 0.29) is 23.7 Å². The largest absolute Gasteiger partial charge is 0.481 e. The number of Topliss-reactive ketones (excluding diaryl/α,β-unsaturated/α-hetero) is 1. The van der Waals surface area contributed by atoms with E-state index in [0.717, 1.165) is 11.8 Å². The van der Waals surface area contributed by atoms with E-state index in [9.17, 15) is 23.6 Å². The van der Waals surface area contributed by atoms with Crippen LogP contribution in [0.2, 0.25) is 0 Å². The molecule has 0 aliphatic heterocycles. The number of thioether (sulfide) groups is 1. The molecule has 0 saturated carbocycles. The Labute approximate surface area is 187 Å². The number of rotatable bonds is 11. The molecule has 0 saturated heterocycles. The molecule has 0 bridgehead atoms. The SMILES string of the molecule is COC(=O)[C@@H](CSCC(CC(=O)O)C(=O)c1cccnc1)NC(=O)Nc1ccc(F)cc1. The first-order chi connectivity index (χ1) is 15.3. The molecule has 9 nitrogen and oxygen atoms in total. The monoisotopic (exact) mass is 463 g/mol. The second-order valence-electron chi connectivity index (χ2n) is 6.62. The summed E-state index contributed by atoms with van der Waals surface area (Å²) in [6, 6.07) is 6.43. The van der Waals surface area contributed by atoms with E-state index >= 15 is 0 Å². The van der Waals surface area contributed by atoms with Crippen LogP contribution in [0.15, 0.2) is 48.8 Å². The van der Waals surface area contributed by atoms with Crippen molar-refractivity contribution >= 4 is 41.2 Å². The average Bonchev–Trinajstić information content (AvgIpc) is 2.78. The summed E-state index contributed by atoms with van der Waals surface area (Å²) in [6.07, 6.45) is 2.48. The van der Waals surface area contributed by atoms with Crippen LogP contribution >= 0.6 is 11.8 Å². The van der Waals surface area contributed by atoms with Crippen LogP contribution < -0.4 is 10.6 Å². The Hall–Kier alpha value is -3.47. The van der Waals surface area contributed by atoms with Gasteiger partial charge in [-0.05, 0) is 36.4 Å². The molecule has 1 heterocycles. The number of anilines is 1. The fourth-order valence-corrected chi connectivity index (χ4v) is 3.82. The standard InChI is InChI=1S/C21H22FN3O6S/c1-31-20(29)17(25-21(30)24-16-6-4-15(22)5-7-16)12-32-11-14(9-18(26)27)19(28)13-3-2-8-23-10-13/h2-8,10,14,17H,9,11-12H2,1H3,(H,26,27)(H2,24,25,30)/t14?,17-/m1/s1. The lowest BCUT2D eigenvalue weighted by molar-refractivity contribution is -0.142. The third-order valence-corrected chi connectivity index (χ3v) is 5.44. The summed E-state index contributed by atoms with van der Waals surface area (Å²) in [5, 5.41) is 14.1. The normalized spacial score (nSPS) is 12.3. The summed E-state index contributed by atoms with van der Waals surface area (Å²) >= 11 is 1.13. The first-order valence-electron chi connectivity index (χ1n) is 9.44. The van der Waals surface area contributed by atoms with Gasteiger partial charge in [-0.15, -0.1) is 0 Å². The van der Waals surface area contributed by atoms with Gasteiger partial charge < -0.3 is 20.5 Å². The average molecular weight is 463 g/mol. The first kappa shape index (κ1) is 24.8. The van der Waals surface area contributed by atoms with Crippen molar-refractivity contribution in [3.63, 3.8) is 0 Å². The Morgan fingerprint density at radius 3 is 2.47 bits per heavy atom. The van der Waals surface area contributed by atoms with Gasteiger partial charge in [-0.2, -0.15) is 11.8 Å². The van der Waals surface area contributed by atoms with E-state index in [4.69, 9.17) is 9.84 Å². The van der Waals surface area contributed by atoms with E-state index in [0.29, 0.717) is 11.3 Å². The van der Waals surface area contributed by atoms with Crippen LogP contribution in [0.3, 0.4) is 0 Å². The number of carbonyl (C=O) groups excluding carboxylic acids is 3. The molecule has 1 aromatic heterocycles. The van der Waals surface area contributed by atoms with Crippen molar-refractivity contribution in [3.8, 4) is 0 Å². The quantitative estimate of drug-likeness (QED) is 0.342. The maximum Gasteiger partial charge on any atom is 0.329 e. The van der Waals surface area contributed by atoms with Crippen LogP contribution in [-0.2, 0) is 14.3 Å². The number of aromatic nitrogens is 1. The molecule has 0 aliphatic carbocycles. The summed E-state index contributed by atoms with van der Waals surface area (Å²) in [4.78, 5) is 52.0. The second-order valence-corrected chi connectivity index (χ2v) is 7.69. The molecule has 2 aromatic rings. The molecule has 1 aromatic carbocycles. The number of nitrogens with one attached hydrogen (secondary N) is 2. The van der Waals surface area contributed by atoms with Crippen molar-refractivity contribution in [1.29, 1.82) is 0 Å². The van der Waals surface area contributed by atoms with Gasteiger partial charge in [0.2, 0.25) is 0 Å². The summed E-state index contributed by atoms with van der Waals surface area (Å²) in [6.45, 7) is 0. The predicted molar refractivity (Wildman–Crippen MR) is 116 cm³/mol. The van der Waals surface area contributed by atoms with Crippen molar-refractivity contribution in [2.75, 3.05) is 23.9 Å². The van der Waals surface area contributed by atoms with Crippen molar-refractivity contribution in [3.05, 3.63) is 60.2 Å². The van der Waals surface area contributed by atoms with Gasteiger partial charge in [0.1, 0.15) is 11.9 Å². The van der Waals surface area contributed by atoms with Crippen molar-refractivity contribution < 1.29 is 33.4 Å². The number of hydrogen-bond acceptors (Lipinski definition) is 7. The maximum atomic E-state index is 13.0. The molecular weight excluding hydrogens is 441 g/mol. The number of carboxylic acid groups (broad SMARTS) is 1. The summed E-state index contributed by atoms with van der Waals surface area (Å²) < 4.78 is 17.7. The molecule has 0 spiro atoms. The number of esters is 1. The third-order valence-electron chi connectivity index (χ3n) is 4.23. The number of ether oxygens (including phenoxy) is 1. The number of carboxylic acids is 1. The number of pyridine rings is 1. The second kappa shape index (κ2) is 12.4. The van der Waals surface area contributed by atoms with Crippen LogP contribution in [0.25, 0.3) is 0 Å². The number of urea groups is 1. The van der Waals surface area contributed by atoms with Gasteiger partial charge in [-0.1, -0.05) is 0 Å². The van der Waals surface area contributed by atoms with E-state index in [2.05, 4.69) is 15.6 Å². The molecule has 0 aliphatic rings. The van der Waals surface area contributed by atoms with Gasteiger partial charge in [0.25, 0.3) is 0 Å².